The number of benzene rings is 1. The van der Waals surface area contributed by atoms with Gasteiger partial charge in [-0.25, -0.2) is 0 Å². The molecule has 0 saturated carbocycles. The van der Waals surface area contributed by atoms with E-state index in [0.717, 1.165) is 0 Å². The Hall–Kier alpha value is -1.04. The molecule has 0 amide bonds. The molecule has 1 aromatic rings. The lowest BCUT2D eigenvalue weighted by atomic mass is 9.89. The smallest absolute Gasteiger partial charge is 0.000580 e. The number of hydrogen-bond donors (Lipinski definition) is 0. The van der Waals surface area contributed by atoms with E-state index in [9.17, 15) is 0 Å². The average Bonchev–Trinajstić information content (AvgIpc) is 2.16. The lowest BCUT2D eigenvalue weighted by Crippen LogP contribution is -1.99. The SMILES string of the molecule is C=Cc1c([C](C)C)cccc1C(C)C. The summed E-state index contributed by atoms with van der Waals surface area (Å²) in [5.74, 6) is 1.91. The largest absolute Gasteiger partial charge is 0.0984 e. The summed E-state index contributed by atoms with van der Waals surface area (Å²) < 4.78 is 0. The van der Waals surface area contributed by atoms with Crippen LogP contribution in [-0.2, 0) is 0 Å². The third kappa shape index (κ3) is 2.06. The summed E-state index contributed by atoms with van der Waals surface area (Å²) in [4.78, 5) is 0. The highest BCUT2D eigenvalue weighted by Gasteiger charge is 2.10. The third-order valence-corrected chi connectivity index (χ3v) is 2.50. The number of rotatable bonds is 3. The van der Waals surface area contributed by atoms with Crippen LogP contribution in [0.5, 0.6) is 0 Å². The van der Waals surface area contributed by atoms with Gasteiger partial charge in [-0.2, -0.15) is 0 Å². The highest BCUT2D eigenvalue weighted by Crippen LogP contribution is 2.27. The molecular weight excluding hydrogens is 168 g/mol. The maximum atomic E-state index is 3.90. The van der Waals surface area contributed by atoms with Crippen LogP contribution in [0.4, 0.5) is 0 Å². The van der Waals surface area contributed by atoms with Gasteiger partial charge in [0.25, 0.3) is 0 Å². The molecule has 0 saturated heterocycles. The summed E-state index contributed by atoms with van der Waals surface area (Å²) in [6, 6.07) is 6.48. The molecule has 0 aliphatic rings. The minimum Gasteiger partial charge on any atom is -0.0984 e. The summed E-state index contributed by atoms with van der Waals surface area (Å²) in [6.07, 6.45) is 1.97. The van der Waals surface area contributed by atoms with Crippen molar-refractivity contribution in [1.82, 2.24) is 0 Å². The Balaban J connectivity index is 3.32. The first-order chi connectivity index (χ1) is 6.57. The van der Waals surface area contributed by atoms with E-state index in [4.69, 9.17) is 0 Å². The average molecular weight is 187 g/mol. The molecule has 0 bridgehead atoms. The molecule has 0 aliphatic heterocycles. The van der Waals surface area contributed by atoms with Crippen molar-refractivity contribution in [3.8, 4) is 0 Å². The monoisotopic (exact) mass is 187 g/mol. The van der Waals surface area contributed by atoms with Gasteiger partial charge in [-0.1, -0.05) is 58.5 Å². The van der Waals surface area contributed by atoms with Crippen LogP contribution in [0.15, 0.2) is 24.8 Å². The summed E-state index contributed by atoms with van der Waals surface area (Å²) in [5, 5.41) is 0. The van der Waals surface area contributed by atoms with E-state index in [1.54, 1.807) is 0 Å². The van der Waals surface area contributed by atoms with Crippen LogP contribution in [0, 0.1) is 5.92 Å². The van der Waals surface area contributed by atoms with Gasteiger partial charge in [-0.15, -0.1) is 0 Å². The summed E-state index contributed by atoms with van der Waals surface area (Å²) in [7, 11) is 0. The van der Waals surface area contributed by atoms with Crippen LogP contribution in [0.25, 0.3) is 6.08 Å². The van der Waals surface area contributed by atoms with Crippen molar-refractivity contribution in [1.29, 1.82) is 0 Å². The lowest BCUT2D eigenvalue weighted by molar-refractivity contribution is 0.860. The molecule has 0 aliphatic carbocycles. The zero-order chi connectivity index (χ0) is 10.7. The van der Waals surface area contributed by atoms with Crippen LogP contribution in [0.1, 0.15) is 50.3 Å². The van der Waals surface area contributed by atoms with Crippen LogP contribution < -0.4 is 0 Å². The standard InChI is InChI=1S/C14H19/c1-6-12-13(10(2)3)8-7-9-14(12)11(4)5/h6-10H,1H2,2-5H3. The van der Waals surface area contributed by atoms with Gasteiger partial charge in [0.15, 0.2) is 0 Å². The van der Waals surface area contributed by atoms with E-state index < -0.39 is 0 Å². The van der Waals surface area contributed by atoms with Crippen LogP contribution in [-0.4, -0.2) is 0 Å². The van der Waals surface area contributed by atoms with Crippen molar-refractivity contribution in [2.45, 2.75) is 33.6 Å². The molecule has 1 radical (unpaired) electrons. The first-order valence-corrected chi connectivity index (χ1v) is 5.13. The minimum atomic E-state index is 0.558. The summed E-state index contributed by atoms with van der Waals surface area (Å²) in [6.45, 7) is 12.6. The molecule has 0 N–H and O–H groups in total. The molecule has 0 heteroatoms. The normalized spacial score (nSPS) is 11.0. The Morgan fingerprint density at radius 3 is 2.36 bits per heavy atom. The highest BCUT2D eigenvalue weighted by molar-refractivity contribution is 5.60. The van der Waals surface area contributed by atoms with Crippen molar-refractivity contribution in [2.75, 3.05) is 0 Å². The van der Waals surface area contributed by atoms with Gasteiger partial charge in [-0.3, -0.25) is 0 Å². The molecule has 0 aromatic heterocycles. The predicted octanol–water partition coefficient (Wildman–Crippen LogP) is 4.42. The van der Waals surface area contributed by atoms with Gasteiger partial charge >= 0.3 is 0 Å². The Kier molecular flexibility index (Phi) is 3.51. The maximum absolute atomic E-state index is 3.90. The summed E-state index contributed by atoms with van der Waals surface area (Å²) >= 11 is 0. The fourth-order valence-electron chi connectivity index (χ4n) is 1.75. The Morgan fingerprint density at radius 2 is 1.93 bits per heavy atom. The fourth-order valence-corrected chi connectivity index (χ4v) is 1.75. The molecule has 0 nitrogen and oxygen atoms in total. The van der Waals surface area contributed by atoms with Gasteiger partial charge in [0, 0.05) is 0 Å². The molecule has 0 unspecified atom stereocenters. The van der Waals surface area contributed by atoms with E-state index in [0.29, 0.717) is 5.92 Å². The molecule has 0 atom stereocenters. The van der Waals surface area contributed by atoms with Gasteiger partial charge in [0.2, 0.25) is 0 Å². The quantitative estimate of drug-likeness (QED) is 0.657. The lowest BCUT2D eigenvalue weighted by Gasteiger charge is -2.16. The third-order valence-electron chi connectivity index (χ3n) is 2.50. The second-order valence-corrected chi connectivity index (χ2v) is 4.17. The maximum Gasteiger partial charge on any atom is -0.000580 e. The Labute approximate surface area is 87.7 Å². The van der Waals surface area contributed by atoms with Crippen LogP contribution >= 0.6 is 0 Å². The van der Waals surface area contributed by atoms with E-state index in [1.807, 2.05) is 6.08 Å². The van der Waals surface area contributed by atoms with Crippen molar-refractivity contribution < 1.29 is 0 Å². The van der Waals surface area contributed by atoms with E-state index in [1.165, 1.54) is 22.6 Å². The molecule has 0 fully saturated rings. The first kappa shape index (κ1) is 11.0. The van der Waals surface area contributed by atoms with E-state index >= 15 is 0 Å². The molecule has 0 spiro atoms. The molecule has 14 heavy (non-hydrogen) atoms. The van der Waals surface area contributed by atoms with Crippen molar-refractivity contribution >= 4 is 6.08 Å². The molecule has 1 rings (SSSR count). The van der Waals surface area contributed by atoms with Crippen molar-refractivity contribution in [3.05, 3.63) is 47.4 Å². The number of hydrogen-bond acceptors (Lipinski definition) is 0. The predicted molar refractivity (Wildman–Crippen MR) is 64.3 cm³/mol. The van der Waals surface area contributed by atoms with Crippen molar-refractivity contribution in [2.24, 2.45) is 0 Å². The van der Waals surface area contributed by atoms with Gasteiger partial charge in [0.1, 0.15) is 0 Å². The van der Waals surface area contributed by atoms with Crippen LogP contribution in [0.3, 0.4) is 0 Å². The van der Waals surface area contributed by atoms with E-state index in [-0.39, 0.29) is 0 Å². The second kappa shape index (κ2) is 4.45. The second-order valence-electron chi connectivity index (χ2n) is 4.17. The van der Waals surface area contributed by atoms with Crippen LogP contribution in [0.2, 0.25) is 0 Å². The zero-order valence-corrected chi connectivity index (χ0v) is 9.59. The Morgan fingerprint density at radius 1 is 1.29 bits per heavy atom. The minimum absolute atomic E-state index is 0.558. The highest BCUT2D eigenvalue weighted by atomic mass is 14.1. The van der Waals surface area contributed by atoms with E-state index in [2.05, 4.69) is 52.5 Å². The van der Waals surface area contributed by atoms with Crippen molar-refractivity contribution in [3.63, 3.8) is 0 Å². The molecular formula is C14H19. The van der Waals surface area contributed by atoms with Gasteiger partial charge in [-0.05, 0) is 28.5 Å². The van der Waals surface area contributed by atoms with Gasteiger partial charge < -0.3 is 0 Å². The molecule has 0 heterocycles. The summed E-state index contributed by atoms with van der Waals surface area (Å²) in [5.41, 5.74) is 4.01. The fraction of sp³-hybridized carbons (Fsp3) is 0.357. The first-order valence-electron chi connectivity index (χ1n) is 5.13. The molecule has 75 valence electrons. The topological polar surface area (TPSA) is 0 Å². The Bertz CT molecular complexity index is 293. The van der Waals surface area contributed by atoms with Gasteiger partial charge in [0.05, 0.1) is 0 Å². The zero-order valence-electron chi connectivity index (χ0n) is 9.59. The molecule has 1 aromatic carbocycles.